The number of rotatable bonds is 5. The maximum absolute atomic E-state index is 6.71. The molecule has 2 nitrogen and oxygen atoms in total. The van der Waals surface area contributed by atoms with Crippen molar-refractivity contribution in [2.75, 3.05) is 5.75 Å². The van der Waals surface area contributed by atoms with Crippen LogP contribution in [0.15, 0.2) is 53.5 Å². The molecule has 0 saturated heterocycles. The van der Waals surface area contributed by atoms with Gasteiger partial charge < -0.3 is 4.98 Å². The van der Waals surface area contributed by atoms with Crippen LogP contribution in [-0.4, -0.2) is 15.7 Å². The first-order chi connectivity index (χ1) is 13.2. The summed E-state index contributed by atoms with van der Waals surface area (Å²) in [6.45, 7) is 2.16. The lowest BCUT2D eigenvalue weighted by molar-refractivity contribution is 1.04. The first-order valence-electron chi connectivity index (χ1n) is 9.11. The fourth-order valence-electron chi connectivity index (χ4n) is 3.34. The minimum absolute atomic E-state index is 0.618. The van der Waals surface area contributed by atoms with E-state index in [1.165, 1.54) is 10.5 Å². The van der Waals surface area contributed by atoms with Crippen molar-refractivity contribution in [3.63, 3.8) is 0 Å². The summed E-state index contributed by atoms with van der Waals surface area (Å²) in [6, 6.07) is 10.6. The number of hydrogen-bond acceptors (Lipinski definition) is 2. The molecule has 1 aromatic heterocycles. The van der Waals surface area contributed by atoms with Crippen molar-refractivity contribution >= 4 is 51.6 Å². The van der Waals surface area contributed by atoms with Crippen LogP contribution < -0.4 is 0 Å². The molecule has 0 aliphatic heterocycles. The number of H-pyrrole nitrogens is 1. The molecule has 27 heavy (non-hydrogen) atoms. The summed E-state index contributed by atoms with van der Waals surface area (Å²) in [5.74, 6) is 1.97. The number of allylic oxidation sites excluding steroid dienone is 4. The quantitative estimate of drug-likeness (QED) is 0.443. The highest BCUT2D eigenvalue weighted by Crippen LogP contribution is 2.38. The Labute approximate surface area is 173 Å². The Hall–Kier alpha value is -1.68. The van der Waals surface area contributed by atoms with Gasteiger partial charge in [0.15, 0.2) is 0 Å². The van der Waals surface area contributed by atoms with Crippen LogP contribution in [-0.2, 0) is 6.42 Å². The number of halogens is 2. The summed E-state index contributed by atoms with van der Waals surface area (Å²) in [5.41, 5.74) is 4.83. The first kappa shape index (κ1) is 18.7. The number of fused-ring (bicyclic) bond motifs is 1. The highest BCUT2D eigenvalue weighted by Gasteiger charge is 2.17. The van der Waals surface area contributed by atoms with Gasteiger partial charge in [-0.2, -0.15) is 0 Å². The van der Waals surface area contributed by atoms with E-state index in [4.69, 9.17) is 28.2 Å². The Morgan fingerprint density at radius 3 is 2.67 bits per heavy atom. The molecule has 2 aromatic carbocycles. The summed E-state index contributed by atoms with van der Waals surface area (Å²) < 4.78 is 0. The number of aromatic nitrogens is 2. The molecule has 3 aromatic rings. The average molecular weight is 415 g/mol. The lowest BCUT2D eigenvalue weighted by atomic mass is 9.99. The van der Waals surface area contributed by atoms with Crippen molar-refractivity contribution in [2.45, 2.75) is 31.1 Å². The minimum atomic E-state index is 0.618. The molecule has 0 spiro atoms. The summed E-state index contributed by atoms with van der Waals surface area (Å²) in [5, 5.41) is 1.27. The zero-order valence-electron chi connectivity index (χ0n) is 15.1. The molecule has 0 radical (unpaired) electrons. The monoisotopic (exact) mass is 414 g/mol. The van der Waals surface area contributed by atoms with Gasteiger partial charge in [0.1, 0.15) is 11.3 Å². The van der Waals surface area contributed by atoms with E-state index in [-0.39, 0.29) is 0 Å². The number of thioether (sulfide) groups is 1. The molecule has 1 heterocycles. The minimum Gasteiger partial charge on any atom is -0.342 e. The molecule has 0 amide bonds. The predicted octanol–water partition coefficient (Wildman–Crippen LogP) is 7.31. The third-order valence-electron chi connectivity index (χ3n) is 4.61. The number of aromatic amines is 1. The Balaban J connectivity index is 1.67. The molecular weight excluding hydrogens is 395 g/mol. The van der Waals surface area contributed by atoms with Crippen LogP contribution in [0.5, 0.6) is 0 Å². The SMILES string of the molecule is CCSc1ccc(Cc2nc3c(Cl)c(C4=CCCC=C4)c(Cl)cc3[nH]2)cc1. The van der Waals surface area contributed by atoms with Gasteiger partial charge in [0.05, 0.1) is 15.6 Å². The average Bonchev–Trinajstić information content (AvgIpc) is 3.07. The standard InChI is InChI=1S/C22H20Cl2N2S/c1-2-27-16-10-8-14(9-11-16)12-19-25-18-13-17(23)20(21(24)22(18)26-19)15-6-4-3-5-7-15/h4,6-11,13H,2-3,5,12H2,1H3,(H,25,26). The second-order valence-corrected chi connectivity index (χ2v) is 8.64. The van der Waals surface area contributed by atoms with Gasteiger partial charge in [-0.05, 0) is 47.9 Å². The van der Waals surface area contributed by atoms with Gasteiger partial charge in [0.25, 0.3) is 0 Å². The van der Waals surface area contributed by atoms with Gasteiger partial charge in [-0.15, -0.1) is 11.8 Å². The van der Waals surface area contributed by atoms with Gasteiger partial charge in [0.2, 0.25) is 0 Å². The van der Waals surface area contributed by atoms with Crippen LogP contribution in [0.4, 0.5) is 0 Å². The Bertz CT molecular complexity index is 1030. The Kier molecular flexibility index (Phi) is 5.63. The van der Waals surface area contributed by atoms with Crippen molar-refractivity contribution < 1.29 is 0 Å². The summed E-state index contributed by atoms with van der Waals surface area (Å²) in [6.07, 6.45) is 9.23. The van der Waals surface area contributed by atoms with E-state index < -0.39 is 0 Å². The zero-order valence-corrected chi connectivity index (χ0v) is 17.4. The van der Waals surface area contributed by atoms with Crippen molar-refractivity contribution in [3.8, 4) is 0 Å². The fourth-order valence-corrected chi connectivity index (χ4v) is 4.72. The zero-order chi connectivity index (χ0) is 18.8. The lowest BCUT2D eigenvalue weighted by Gasteiger charge is -2.11. The second kappa shape index (κ2) is 8.14. The van der Waals surface area contributed by atoms with Crippen molar-refractivity contribution in [2.24, 2.45) is 0 Å². The van der Waals surface area contributed by atoms with E-state index in [0.29, 0.717) is 10.0 Å². The maximum atomic E-state index is 6.71. The molecule has 0 atom stereocenters. The van der Waals surface area contributed by atoms with E-state index in [1.54, 1.807) is 0 Å². The molecule has 5 heteroatoms. The van der Waals surface area contributed by atoms with Crippen LogP contribution >= 0.6 is 35.0 Å². The Morgan fingerprint density at radius 1 is 1.15 bits per heavy atom. The molecule has 1 aliphatic carbocycles. The maximum Gasteiger partial charge on any atom is 0.111 e. The van der Waals surface area contributed by atoms with Gasteiger partial charge >= 0.3 is 0 Å². The molecule has 1 aliphatic rings. The molecule has 0 bridgehead atoms. The van der Waals surface area contributed by atoms with Gasteiger partial charge in [-0.25, -0.2) is 4.98 Å². The molecular formula is C22H20Cl2N2S. The van der Waals surface area contributed by atoms with Crippen LogP contribution in [0.3, 0.4) is 0 Å². The van der Waals surface area contributed by atoms with Gasteiger partial charge in [-0.3, -0.25) is 0 Å². The molecule has 1 N–H and O–H groups in total. The summed E-state index contributed by atoms with van der Waals surface area (Å²) >= 11 is 15.1. The van der Waals surface area contributed by atoms with Gasteiger partial charge in [-0.1, -0.05) is 60.5 Å². The Morgan fingerprint density at radius 2 is 1.96 bits per heavy atom. The topological polar surface area (TPSA) is 28.7 Å². The van der Waals surface area contributed by atoms with Crippen molar-refractivity contribution in [1.29, 1.82) is 0 Å². The van der Waals surface area contributed by atoms with E-state index in [0.717, 1.165) is 53.0 Å². The number of hydrogen-bond donors (Lipinski definition) is 1. The van der Waals surface area contributed by atoms with Crippen molar-refractivity contribution in [3.05, 3.63) is 75.6 Å². The predicted molar refractivity (Wildman–Crippen MR) is 118 cm³/mol. The van der Waals surface area contributed by atoms with E-state index in [2.05, 4.69) is 54.4 Å². The lowest BCUT2D eigenvalue weighted by Crippen LogP contribution is -1.91. The molecule has 0 fully saturated rings. The van der Waals surface area contributed by atoms with Crippen LogP contribution in [0.25, 0.3) is 16.6 Å². The molecule has 138 valence electrons. The number of imidazole rings is 1. The highest BCUT2D eigenvalue weighted by molar-refractivity contribution is 7.99. The fraction of sp³-hybridized carbons (Fsp3) is 0.227. The third kappa shape index (κ3) is 3.96. The van der Waals surface area contributed by atoms with Crippen LogP contribution in [0, 0.1) is 0 Å². The normalized spacial score (nSPS) is 14.0. The molecule has 0 saturated carbocycles. The van der Waals surface area contributed by atoms with Crippen molar-refractivity contribution in [1.82, 2.24) is 9.97 Å². The third-order valence-corrected chi connectivity index (χ3v) is 6.17. The van der Waals surface area contributed by atoms with Gasteiger partial charge in [0, 0.05) is 16.9 Å². The summed E-state index contributed by atoms with van der Waals surface area (Å²) in [7, 11) is 0. The highest BCUT2D eigenvalue weighted by atomic mass is 35.5. The molecule has 4 rings (SSSR count). The second-order valence-electron chi connectivity index (χ2n) is 6.52. The molecule has 0 unspecified atom stereocenters. The number of benzene rings is 2. The first-order valence-corrected chi connectivity index (χ1v) is 10.8. The largest absolute Gasteiger partial charge is 0.342 e. The smallest absolute Gasteiger partial charge is 0.111 e. The van der Waals surface area contributed by atoms with E-state index >= 15 is 0 Å². The number of nitrogens with zero attached hydrogens (tertiary/aromatic N) is 1. The number of nitrogens with one attached hydrogen (secondary N) is 1. The van der Waals surface area contributed by atoms with Crippen LogP contribution in [0.1, 0.15) is 36.7 Å². The summed E-state index contributed by atoms with van der Waals surface area (Å²) in [4.78, 5) is 9.42. The van der Waals surface area contributed by atoms with E-state index in [9.17, 15) is 0 Å². The van der Waals surface area contributed by atoms with E-state index in [1.807, 2.05) is 17.8 Å². The van der Waals surface area contributed by atoms with Crippen LogP contribution in [0.2, 0.25) is 10.0 Å².